The van der Waals surface area contributed by atoms with Gasteiger partial charge in [0.25, 0.3) is 0 Å². The zero-order valence-electron chi connectivity index (χ0n) is 12.2. The first-order valence-electron chi connectivity index (χ1n) is 6.97. The molecule has 0 aliphatic heterocycles. The molecule has 0 saturated heterocycles. The maximum absolute atomic E-state index is 5.97. The van der Waals surface area contributed by atoms with Crippen LogP contribution in [0.4, 0.5) is 0 Å². The average Bonchev–Trinajstić information content (AvgIpc) is 2.26. The van der Waals surface area contributed by atoms with Crippen LogP contribution in [-0.4, -0.2) is 32.8 Å². The summed E-state index contributed by atoms with van der Waals surface area (Å²) in [5, 5.41) is 3.48. The van der Waals surface area contributed by atoms with Crippen LogP contribution < -0.4 is 11.1 Å². The summed E-state index contributed by atoms with van der Waals surface area (Å²) in [6.07, 6.45) is 6.20. The van der Waals surface area contributed by atoms with Crippen molar-refractivity contribution in [3.05, 3.63) is 0 Å². The second-order valence-electron chi connectivity index (χ2n) is 5.79. The van der Waals surface area contributed by atoms with E-state index in [0.29, 0.717) is 5.41 Å². The SMILES string of the molecule is CCCCCC(C)(C)CNCC(N)CCOC. The Kier molecular flexibility index (Phi) is 9.79. The summed E-state index contributed by atoms with van der Waals surface area (Å²) in [7, 11) is 1.72. The van der Waals surface area contributed by atoms with E-state index in [-0.39, 0.29) is 6.04 Å². The van der Waals surface area contributed by atoms with Crippen LogP contribution >= 0.6 is 0 Å². The largest absolute Gasteiger partial charge is 0.385 e. The van der Waals surface area contributed by atoms with Crippen molar-refractivity contribution in [1.82, 2.24) is 5.32 Å². The Hall–Kier alpha value is -0.120. The second kappa shape index (κ2) is 9.86. The molecular formula is C14H32N2O. The first-order valence-corrected chi connectivity index (χ1v) is 6.97. The summed E-state index contributed by atoms with van der Waals surface area (Å²) >= 11 is 0. The molecule has 1 atom stereocenters. The smallest absolute Gasteiger partial charge is 0.0477 e. The Morgan fingerprint density at radius 3 is 2.59 bits per heavy atom. The molecule has 17 heavy (non-hydrogen) atoms. The molecule has 0 heterocycles. The standard InChI is InChI=1S/C14H32N2O/c1-5-6-7-9-14(2,3)12-16-11-13(15)8-10-17-4/h13,16H,5-12,15H2,1-4H3. The minimum atomic E-state index is 0.210. The summed E-state index contributed by atoms with van der Waals surface area (Å²) in [5.74, 6) is 0. The van der Waals surface area contributed by atoms with E-state index >= 15 is 0 Å². The fourth-order valence-corrected chi connectivity index (χ4v) is 1.91. The number of ether oxygens (including phenoxy) is 1. The molecule has 0 bridgehead atoms. The fraction of sp³-hybridized carbons (Fsp3) is 1.00. The average molecular weight is 244 g/mol. The normalized spacial score (nSPS) is 13.9. The van der Waals surface area contributed by atoms with Gasteiger partial charge in [-0.25, -0.2) is 0 Å². The number of rotatable bonds is 11. The quantitative estimate of drug-likeness (QED) is 0.549. The zero-order chi connectivity index (χ0) is 13.1. The molecular weight excluding hydrogens is 212 g/mol. The van der Waals surface area contributed by atoms with Crippen molar-refractivity contribution in [3.63, 3.8) is 0 Å². The van der Waals surface area contributed by atoms with Gasteiger partial charge in [-0.3, -0.25) is 0 Å². The lowest BCUT2D eigenvalue weighted by molar-refractivity contribution is 0.186. The lowest BCUT2D eigenvalue weighted by Crippen LogP contribution is -2.39. The van der Waals surface area contributed by atoms with Crippen LogP contribution in [0.2, 0.25) is 0 Å². The highest BCUT2D eigenvalue weighted by molar-refractivity contribution is 4.73. The molecule has 0 aromatic rings. The van der Waals surface area contributed by atoms with Gasteiger partial charge in [0.15, 0.2) is 0 Å². The first-order chi connectivity index (χ1) is 8.02. The topological polar surface area (TPSA) is 47.3 Å². The van der Waals surface area contributed by atoms with Crippen LogP contribution in [-0.2, 0) is 4.74 Å². The van der Waals surface area contributed by atoms with E-state index in [1.54, 1.807) is 7.11 Å². The molecule has 0 amide bonds. The number of hydrogen-bond acceptors (Lipinski definition) is 3. The van der Waals surface area contributed by atoms with Gasteiger partial charge in [-0.2, -0.15) is 0 Å². The highest BCUT2D eigenvalue weighted by Gasteiger charge is 2.16. The van der Waals surface area contributed by atoms with Gasteiger partial charge in [0.2, 0.25) is 0 Å². The van der Waals surface area contributed by atoms with Crippen LogP contribution in [0.5, 0.6) is 0 Å². The van der Waals surface area contributed by atoms with Crippen molar-refractivity contribution in [2.24, 2.45) is 11.1 Å². The minimum Gasteiger partial charge on any atom is -0.385 e. The van der Waals surface area contributed by atoms with Gasteiger partial charge in [0, 0.05) is 32.8 Å². The van der Waals surface area contributed by atoms with E-state index in [4.69, 9.17) is 10.5 Å². The van der Waals surface area contributed by atoms with Gasteiger partial charge < -0.3 is 15.8 Å². The van der Waals surface area contributed by atoms with Crippen molar-refractivity contribution in [1.29, 1.82) is 0 Å². The Balaban J connectivity index is 3.56. The van der Waals surface area contributed by atoms with Gasteiger partial charge in [0.1, 0.15) is 0 Å². The third-order valence-electron chi connectivity index (χ3n) is 3.16. The Labute approximate surface area is 107 Å². The summed E-state index contributed by atoms with van der Waals surface area (Å²) in [5.41, 5.74) is 6.35. The van der Waals surface area contributed by atoms with Crippen molar-refractivity contribution in [3.8, 4) is 0 Å². The van der Waals surface area contributed by atoms with Gasteiger partial charge in [-0.05, 0) is 18.3 Å². The molecule has 0 aliphatic rings. The highest BCUT2D eigenvalue weighted by Crippen LogP contribution is 2.22. The van der Waals surface area contributed by atoms with Crippen LogP contribution in [0.3, 0.4) is 0 Å². The van der Waals surface area contributed by atoms with E-state index < -0.39 is 0 Å². The third kappa shape index (κ3) is 10.7. The first kappa shape index (κ1) is 16.9. The number of methoxy groups -OCH3 is 1. The summed E-state index contributed by atoms with van der Waals surface area (Å²) in [4.78, 5) is 0. The molecule has 0 rings (SSSR count). The van der Waals surface area contributed by atoms with Gasteiger partial charge >= 0.3 is 0 Å². The van der Waals surface area contributed by atoms with Crippen LogP contribution in [0.15, 0.2) is 0 Å². The number of unbranched alkanes of at least 4 members (excludes halogenated alkanes) is 2. The van der Waals surface area contributed by atoms with Crippen molar-refractivity contribution in [2.45, 2.75) is 58.9 Å². The molecule has 0 spiro atoms. The minimum absolute atomic E-state index is 0.210. The van der Waals surface area contributed by atoms with E-state index in [1.165, 1.54) is 25.7 Å². The van der Waals surface area contributed by atoms with Gasteiger partial charge in [-0.15, -0.1) is 0 Å². The molecule has 3 heteroatoms. The molecule has 0 radical (unpaired) electrons. The molecule has 0 aliphatic carbocycles. The molecule has 0 fully saturated rings. The predicted octanol–water partition coefficient (Wildman–Crippen LogP) is 2.55. The van der Waals surface area contributed by atoms with E-state index in [1.807, 2.05) is 0 Å². The summed E-state index contributed by atoms with van der Waals surface area (Å²) in [6.45, 7) is 9.60. The predicted molar refractivity (Wildman–Crippen MR) is 75.3 cm³/mol. The lowest BCUT2D eigenvalue weighted by Gasteiger charge is -2.26. The van der Waals surface area contributed by atoms with Crippen molar-refractivity contribution in [2.75, 3.05) is 26.8 Å². The second-order valence-corrected chi connectivity index (χ2v) is 5.79. The molecule has 1 unspecified atom stereocenters. The number of nitrogens with two attached hydrogens (primary N) is 1. The highest BCUT2D eigenvalue weighted by atomic mass is 16.5. The third-order valence-corrected chi connectivity index (χ3v) is 3.16. The monoisotopic (exact) mass is 244 g/mol. The summed E-state index contributed by atoms with van der Waals surface area (Å²) < 4.78 is 5.02. The van der Waals surface area contributed by atoms with E-state index in [9.17, 15) is 0 Å². The molecule has 104 valence electrons. The molecule has 3 N–H and O–H groups in total. The van der Waals surface area contributed by atoms with E-state index in [0.717, 1.165) is 26.1 Å². The molecule has 0 saturated carbocycles. The van der Waals surface area contributed by atoms with Gasteiger partial charge in [-0.1, -0.05) is 40.0 Å². The lowest BCUT2D eigenvalue weighted by atomic mass is 9.87. The van der Waals surface area contributed by atoms with E-state index in [2.05, 4.69) is 26.1 Å². The number of hydrogen-bond donors (Lipinski definition) is 2. The Bertz CT molecular complexity index is 172. The van der Waals surface area contributed by atoms with Crippen molar-refractivity contribution < 1.29 is 4.74 Å². The van der Waals surface area contributed by atoms with Crippen molar-refractivity contribution >= 4 is 0 Å². The number of nitrogens with one attached hydrogen (secondary N) is 1. The zero-order valence-corrected chi connectivity index (χ0v) is 12.2. The maximum Gasteiger partial charge on any atom is 0.0477 e. The van der Waals surface area contributed by atoms with Crippen LogP contribution in [0, 0.1) is 5.41 Å². The Morgan fingerprint density at radius 2 is 2.00 bits per heavy atom. The summed E-state index contributed by atoms with van der Waals surface area (Å²) in [6, 6.07) is 0.210. The molecule has 3 nitrogen and oxygen atoms in total. The fourth-order valence-electron chi connectivity index (χ4n) is 1.91. The van der Waals surface area contributed by atoms with Crippen LogP contribution in [0.1, 0.15) is 52.9 Å². The molecule has 0 aromatic carbocycles. The Morgan fingerprint density at radius 1 is 1.29 bits per heavy atom. The van der Waals surface area contributed by atoms with Gasteiger partial charge in [0.05, 0.1) is 0 Å². The van der Waals surface area contributed by atoms with Crippen LogP contribution in [0.25, 0.3) is 0 Å². The molecule has 0 aromatic heterocycles. The maximum atomic E-state index is 5.97.